The Hall–Kier alpha value is -3.68. The molecule has 4 N–H and O–H groups in total. The van der Waals surface area contributed by atoms with Crippen molar-refractivity contribution in [3.63, 3.8) is 0 Å². The van der Waals surface area contributed by atoms with Gasteiger partial charge in [-0.15, -0.1) is 5.92 Å². The van der Waals surface area contributed by atoms with Crippen LogP contribution in [0, 0.1) is 17.8 Å². The third-order valence-electron chi connectivity index (χ3n) is 7.98. The van der Waals surface area contributed by atoms with E-state index >= 15 is 0 Å². The van der Waals surface area contributed by atoms with Crippen LogP contribution < -0.4 is 10.1 Å². The Balaban J connectivity index is 2.97. The van der Waals surface area contributed by atoms with Gasteiger partial charge in [-0.2, -0.15) is 0 Å². The second-order valence-electron chi connectivity index (χ2n) is 13.4. The fourth-order valence-corrected chi connectivity index (χ4v) is 5.23. The Morgan fingerprint density at radius 2 is 1.55 bits per heavy atom. The number of aliphatic hydroxyl groups excluding tert-OH is 1. The van der Waals surface area contributed by atoms with E-state index in [4.69, 9.17) is 9.47 Å². The number of carbonyl (C=O) groups excluding carboxylic acids is 3. The van der Waals surface area contributed by atoms with Crippen LogP contribution in [0.15, 0.2) is 36.4 Å². The van der Waals surface area contributed by atoms with E-state index in [1.165, 1.54) is 25.3 Å². The molecule has 0 fully saturated rings. The molecule has 1 rings (SSSR count). The van der Waals surface area contributed by atoms with Crippen molar-refractivity contribution in [2.24, 2.45) is 5.92 Å². The Kier molecular flexibility index (Phi) is 20.9. The van der Waals surface area contributed by atoms with E-state index in [2.05, 4.69) is 24.1 Å². The molecule has 0 aliphatic heterocycles. The molecule has 0 aromatic heterocycles. The summed E-state index contributed by atoms with van der Waals surface area (Å²) >= 11 is 0. The maximum Gasteiger partial charge on any atom is 0.336 e. The van der Waals surface area contributed by atoms with Gasteiger partial charge in [0.2, 0.25) is 5.91 Å². The predicted molar refractivity (Wildman–Crippen MR) is 190 cm³/mol. The summed E-state index contributed by atoms with van der Waals surface area (Å²) in [6.07, 6.45) is 13.0. The number of aliphatic carboxylic acids is 1. The highest BCUT2D eigenvalue weighted by atomic mass is 16.6. The van der Waals surface area contributed by atoms with Gasteiger partial charge in [-0.25, -0.2) is 9.59 Å². The number of ketones is 1. The van der Waals surface area contributed by atoms with Crippen molar-refractivity contribution in [3.8, 4) is 17.6 Å². The molecular formula is C39H59NO9. The summed E-state index contributed by atoms with van der Waals surface area (Å²) in [4.78, 5) is 51.3. The quantitative estimate of drug-likeness (QED) is 0.0413. The molecule has 10 heteroatoms. The number of hydrogen-bond acceptors (Lipinski definition) is 8. The molecule has 10 nitrogen and oxygen atoms in total. The van der Waals surface area contributed by atoms with Gasteiger partial charge in [-0.05, 0) is 71.1 Å². The lowest BCUT2D eigenvalue weighted by molar-refractivity contribution is -0.169. The monoisotopic (exact) mass is 685 g/mol. The molecular weight excluding hydrogens is 626 g/mol. The number of unbranched alkanes of at least 4 members (excludes halogenated alkanes) is 8. The van der Waals surface area contributed by atoms with E-state index in [0.29, 0.717) is 36.4 Å². The van der Waals surface area contributed by atoms with E-state index in [-0.39, 0.29) is 13.0 Å². The van der Waals surface area contributed by atoms with Crippen LogP contribution in [-0.4, -0.2) is 69.4 Å². The van der Waals surface area contributed by atoms with Gasteiger partial charge in [0.15, 0.2) is 5.60 Å². The molecule has 3 atom stereocenters. The Morgan fingerprint density at radius 3 is 2.10 bits per heavy atom. The molecule has 1 amide bonds. The summed E-state index contributed by atoms with van der Waals surface area (Å²) in [5.41, 5.74) is -2.81. The minimum atomic E-state index is -2.62. The first-order chi connectivity index (χ1) is 23.3. The smallest absolute Gasteiger partial charge is 0.336 e. The molecule has 274 valence electrons. The highest BCUT2D eigenvalue weighted by molar-refractivity contribution is 5.93. The van der Waals surface area contributed by atoms with Gasteiger partial charge in [0.1, 0.15) is 29.8 Å². The summed E-state index contributed by atoms with van der Waals surface area (Å²) in [5.74, 6) is 1.55. The molecule has 0 aliphatic rings. The molecule has 49 heavy (non-hydrogen) atoms. The number of allylic oxidation sites excluding steroid dienone is 1. The summed E-state index contributed by atoms with van der Waals surface area (Å²) in [7, 11) is 0. The molecule has 0 radical (unpaired) electrons. The van der Waals surface area contributed by atoms with Crippen molar-refractivity contribution in [1.82, 2.24) is 5.32 Å². The van der Waals surface area contributed by atoms with Crippen LogP contribution in [0.3, 0.4) is 0 Å². The standard InChI is InChI=1S/C39H59NO9/c1-6-8-10-13-16-19-31(42)20-17-14-11-12-15-18-21-33(39(47,26-27-41)37(45)46)35(43)40-34(36(44)49-38(3,4)5)29-30-22-24-32(25-23-30)48-28-9-7-2/h18,21-25,33-34,41,47H,6,8,10-17,19-20,26-29H2,1-5H3,(H,40,43)(H,45,46)/b21-18+/t33-,34+,39+/m1/s1. The average Bonchev–Trinajstić information content (AvgIpc) is 3.03. The second-order valence-corrected chi connectivity index (χ2v) is 13.4. The van der Waals surface area contributed by atoms with Crippen LogP contribution in [0.4, 0.5) is 0 Å². The van der Waals surface area contributed by atoms with Crippen molar-refractivity contribution in [2.75, 3.05) is 13.2 Å². The van der Waals surface area contributed by atoms with Crippen LogP contribution in [0.5, 0.6) is 5.75 Å². The predicted octanol–water partition coefficient (Wildman–Crippen LogP) is 6.10. The number of carboxylic acid groups (broad SMARTS) is 1. The minimum absolute atomic E-state index is 0.0268. The van der Waals surface area contributed by atoms with Gasteiger partial charge in [0, 0.05) is 32.3 Å². The normalized spacial score (nSPS) is 13.9. The third-order valence-corrected chi connectivity index (χ3v) is 7.98. The zero-order valence-electron chi connectivity index (χ0n) is 30.2. The zero-order chi connectivity index (χ0) is 36.7. The number of rotatable bonds is 25. The maximum absolute atomic E-state index is 13.7. The average molecular weight is 686 g/mol. The summed E-state index contributed by atoms with van der Waals surface area (Å²) in [6.45, 7) is 8.51. The fourth-order valence-electron chi connectivity index (χ4n) is 5.23. The lowest BCUT2D eigenvalue weighted by atomic mass is 9.83. The van der Waals surface area contributed by atoms with E-state index in [1.807, 2.05) is 0 Å². The molecule has 0 heterocycles. The first-order valence-electron chi connectivity index (χ1n) is 17.7. The van der Waals surface area contributed by atoms with Crippen molar-refractivity contribution in [2.45, 2.75) is 142 Å². The van der Waals surface area contributed by atoms with Crippen molar-refractivity contribution < 1.29 is 44.0 Å². The highest BCUT2D eigenvalue weighted by Gasteiger charge is 2.47. The third kappa shape index (κ3) is 18.0. The molecule has 0 saturated carbocycles. The Morgan fingerprint density at radius 1 is 0.939 bits per heavy atom. The number of benzene rings is 1. The number of carboxylic acids is 1. The second kappa shape index (κ2) is 23.6. The minimum Gasteiger partial charge on any atom is -0.481 e. The van der Waals surface area contributed by atoms with Crippen molar-refractivity contribution in [1.29, 1.82) is 0 Å². The molecule has 0 spiro atoms. The summed E-state index contributed by atoms with van der Waals surface area (Å²) in [6, 6.07) is 5.69. The summed E-state index contributed by atoms with van der Waals surface area (Å²) < 4.78 is 11.1. The lowest BCUT2D eigenvalue weighted by Crippen LogP contribution is -2.55. The molecule has 0 aliphatic carbocycles. The van der Waals surface area contributed by atoms with E-state index in [9.17, 15) is 34.5 Å². The Bertz CT molecular complexity index is 1240. The van der Waals surface area contributed by atoms with Crippen LogP contribution in [0.25, 0.3) is 0 Å². The van der Waals surface area contributed by atoms with E-state index in [1.54, 1.807) is 58.0 Å². The van der Waals surface area contributed by atoms with Gasteiger partial charge in [0.25, 0.3) is 0 Å². The van der Waals surface area contributed by atoms with Gasteiger partial charge >= 0.3 is 11.9 Å². The number of esters is 1. The Labute approximate surface area is 293 Å². The highest BCUT2D eigenvalue weighted by Crippen LogP contribution is 2.26. The fraction of sp³-hybridized carbons (Fsp3) is 0.641. The van der Waals surface area contributed by atoms with Crippen LogP contribution in [0.1, 0.15) is 124 Å². The number of amides is 1. The largest absolute Gasteiger partial charge is 0.481 e. The van der Waals surface area contributed by atoms with Crippen molar-refractivity contribution >= 4 is 23.6 Å². The van der Waals surface area contributed by atoms with Crippen LogP contribution in [0.2, 0.25) is 0 Å². The van der Waals surface area contributed by atoms with Crippen molar-refractivity contribution in [3.05, 3.63) is 42.0 Å². The topological polar surface area (TPSA) is 159 Å². The lowest BCUT2D eigenvalue weighted by Gasteiger charge is -2.31. The number of Topliss-reactive ketones (excluding diaryl/α,β-unsaturated/α-hetero) is 1. The van der Waals surface area contributed by atoms with Gasteiger partial charge < -0.3 is 30.1 Å². The van der Waals surface area contributed by atoms with E-state index < -0.39 is 54.0 Å². The number of ether oxygens (including phenoxy) is 2. The number of carbonyl (C=O) groups is 4. The summed E-state index contributed by atoms with van der Waals surface area (Å²) in [5, 5.41) is 33.3. The molecule has 1 aromatic rings. The number of nitrogens with one attached hydrogen (secondary N) is 1. The molecule has 1 aromatic carbocycles. The molecule has 0 saturated heterocycles. The maximum atomic E-state index is 13.7. The van der Waals surface area contributed by atoms with Gasteiger partial charge in [-0.1, -0.05) is 75.7 Å². The number of aliphatic hydroxyl groups is 2. The molecule has 0 unspecified atom stereocenters. The SMILES string of the molecule is CC#CCOc1ccc(C[C@H](NC(=O)[C@@H](/C=C/CCCCCCC(=O)CCCCCCC)[C@@](O)(CCO)C(=O)O)C(=O)OC(C)(C)C)cc1. The molecule has 0 bridgehead atoms. The van der Waals surface area contributed by atoms with Crippen LogP contribution in [-0.2, 0) is 30.3 Å². The number of hydrogen-bond donors (Lipinski definition) is 4. The van der Waals surface area contributed by atoms with Gasteiger partial charge in [0.05, 0.1) is 5.92 Å². The van der Waals surface area contributed by atoms with Gasteiger partial charge in [-0.3, -0.25) is 9.59 Å². The first kappa shape index (κ1) is 43.3. The van der Waals surface area contributed by atoms with Crippen LogP contribution >= 0.6 is 0 Å². The zero-order valence-corrected chi connectivity index (χ0v) is 30.2. The first-order valence-corrected chi connectivity index (χ1v) is 17.7. The van der Waals surface area contributed by atoms with E-state index in [0.717, 1.165) is 38.5 Å².